The lowest BCUT2D eigenvalue weighted by molar-refractivity contribution is 0.0154. The van der Waals surface area contributed by atoms with Gasteiger partial charge in [0, 0.05) is 30.9 Å². The molecule has 1 aromatic rings. The normalized spacial score (nSPS) is 16.6. The zero-order chi connectivity index (χ0) is 13.7. The van der Waals surface area contributed by atoms with Crippen LogP contribution < -0.4 is 0 Å². The number of rotatable bonds is 4. The van der Waals surface area contributed by atoms with Gasteiger partial charge < -0.3 is 9.64 Å². The molecule has 0 spiro atoms. The zero-order valence-corrected chi connectivity index (χ0v) is 11.9. The van der Waals surface area contributed by atoms with Gasteiger partial charge in [0.1, 0.15) is 0 Å². The molecule has 1 amide bonds. The second-order valence-corrected chi connectivity index (χ2v) is 5.12. The molecule has 0 aromatic carbocycles. The maximum Gasteiger partial charge on any atom is 0.255 e. The van der Waals surface area contributed by atoms with Crippen LogP contribution in [0.1, 0.15) is 28.9 Å². The van der Waals surface area contributed by atoms with Crippen molar-refractivity contribution in [3.63, 3.8) is 0 Å². The van der Waals surface area contributed by atoms with Gasteiger partial charge in [0.2, 0.25) is 0 Å². The Bertz CT molecular complexity index is 414. The first kappa shape index (κ1) is 14.3. The van der Waals surface area contributed by atoms with Crippen molar-refractivity contribution in [2.45, 2.75) is 25.9 Å². The molecule has 0 atom stereocenters. The lowest BCUT2D eigenvalue weighted by atomic mass is 10.1. The van der Waals surface area contributed by atoms with Gasteiger partial charge in [-0.3, -0.25) is 9.78 Å². The molecule has 5 heteroatoms. The van der Waals surface area contributed by atoms with E-state index >= 15 is 0 Å². The summed E-state index contributed by atoms with van der Waals surface area (Å²) in [5.41, 5.74) is 1.58. The fourth-order valence-electron chi connectivity index (χ4n) is 2.21. The summed E-state index contributed by atoms with van der Waals surface area (Å²) in [6.07, 6.45) is 3.64. The molecule has 0 radical (unpaired) electrons. The molecular formula is C14H19ClN2O2. The Morgan fingerprint density at radius 2 is 2.21 bits per heavy atom. The molecule has 0 aliphatic carbocycles. The number of likely N-dealkylation sites (tertiary alicyclic amines) is 1. The minimum absolute atomic E-state index is 0.0586. The molecule has 1 aromatic heterocycles. The lowest BCUT2D eigenvalue weighted by Gasteiger charge is -2.31. The zero-order valence-electron chi connectivity index (χ0n) is 11.1. The Balaban J connectivity index is 1.87. The van der Waals surface area contributed by atoms with Gasteiger partial charge in [-0.1, -0.05) is 0 Å². The van der Waals surface area contributed by atoms with Crippen LogP contribution >= 0.6 is 11.6 Å². The Labute approximate surface area is 118 Å². The Hall–Kier alpha value is -1.13. The molecule has 0 saturated carbocycles. The summed E-state index contributed by atoms with van der Waals surface area (Å²) in [6, 6.07) is 3.70. The van der Waals surface area contributed by atoms with Crippen LogP contribution in [0.15, 0.2) is 18.3 Å². The molecule has 2 heterocycles. The third-order valence-electron chi connectivity index (χ3n) is 3.32. The van der Waals surface area contributed by atoms with Crippen molar-refractivity contribution in [1.82, 2.24) is 9.88 Å². The average Bonchev–Trinajstić information content (AvgIpc) is 2.46. The van der Waals surface area contributed by atoms with Gasteiger partial charge in [0.15, 0.2) is 0 Å². The topological polar surface area (TPSA) is 42.4 Å². The molecule has 0 N–H and O–H groups in total. The third kappa shape index (κ3) is 3.91. The van der Waals surface area contributed by atoms with E-state index in [9.17, 15) is 4.79 Å². The van der Waals surface area contributed by atoms with Gasteiger partial charge in [0.05, 0.1) is 18.3 Å². The van der Waals surface area contributed by atoms with Crippen molar-refractivity contribution in [2.75, 3.05) is 25.6 Å². The number of halogens is 1. The number of carbonyl (C=O) groups is 1. The van der Waals surface area contributed by atoms with Crippen LogP contribution in [0.2, 0.25) is 0 Å². The standard InChI is InChI=1S/C14H19ClN2O2/c1-11-2-3-12(10-16-11)14(18)17-7-4-13(5-8-17)19-9-6-15/h2-3,10,13H,4-9H2,1H3. The monoisotopic (exact) mass is 282 g/mol. The first-order chi connectivity index (χ1) is 9.20. The number of aromatic nitrogens is 1. The summed E-state index contributed by atoms with van der Waals surface area (Å²) in [6.45, 7) is 3.97. The lowest BCUT2D eigenvalue weighted by Crippen LogP contribution is -2.41. The van der Waals surface area contributed by atoms with Gasteiger partial charge >= 0.3 is 0 Å². The van der Waals surface area contributed by atoms with Gasteiger partial charge in [0.25, 0.3) is 5.91 Å². The highest BCUT2D eigenvalue weighted by Gasteiger charge is 2.23. The van der Waals surface area contributed by atoms with E-state index in [1.165, 1.54) is 0 Å². The molecular weight excluding hydrogens is 264 g/mol. The molecule has 19 heavy (non-hydrogen) atoms. The van der Waals surface area contributed by atoms with Crippen molar-refractivity contribution in [1.29, 1.82) is 0 Å². The summed E-state index contributed by atoms with van der Waals surface area (Å²) in [4.78, 5) is 18.3. The molecule has 1 aliphatic heterocycles. The number of carbonyl (C=O) groups excluding carboxylic acids is 1. The van der Waals surface area contributed by atoms with Crippen LogP contribution in [0.3, 0.4) is 0 Å². The average molecular weight is 283 g/mol. The summed E-state index contributed by atoms with van der Waals surface area (Å²) in [5.74, 6) is 0.581. The number of hydrogen-bond donors (Lipinski definition) is 0. The number of ether oxygens (including phenoxy) is 1. The first-order valence-electron chi connectivity index (χ1n) is 6.60. The number of hydrogen-bond acceptors (Lipinski definition) is 3. The van der Waals surface area contributed by atoms with Gasteiger partial charge in [-0.15, -0.1) is 11.6 Å². The number of aryl methyl sites for hydroxylation is 1. The van der Waals surface area contributed by atoms with E-state index in [1.807, 2.05) is 24.0 Å². The molecule has 0 bridgehead atoms. The maximum absolute atomic E-state index is 12.3. The highest BCUT2D eigenvalue weighted by Crippen LogP contribution is 2.16. The molecule has 0 unspecified atom stereocenters. The molecule has 1 saturated heterocycles. The number of amides is 1. The molecule has 4 nitrogen and oxygen atoms in total. The fourth-order valence-corrected chi connectivity index (χ4v) is 2.30. The van der Waals surface area contributed by atoms with E-state index in [4.69, 9.17) is 16.3 Å². The van der Waals surface area contributed by atoms with E-state index in [1.54, 1.807) is 6.20 Å². The van der Waals surface area contributed by atoms with Gasteiger partial charge in [-0.2, -0.15) is 0 Å². The number of pyridine rings is 1. The minimum Gasteiger partial charge on any atom is -0.377 e. The van der Waals surface area contributed by atoms with Crippen molar-refractivity contribution in [3.8, 4) is 0 Å². The highest BCUT2D eigenvalue weighted by molar-refractivity contribution is 6.17. The van der Waals surface area contributed by atoms with Crippen LogP contribution in [0.25, 0.3) is 0 Å². The fraction of sp³-hybridized carbons (Fsp3) is 0.571. The van der Waals surface area contributed by atoms with Crippen molar-refractivity contribution >= 4 is 17.5 Å². The SMILES string of the molecule is Cc1ccc(C(=O)N2CCC(OCCCl)CC2)cn1. The van der Waals surface area contributed by atoms with Gasteiger partial charge in [-0.05, 0) is 31.9 Å². The molecule has 104 valence electrons. The third-order valence-corrected chi connectivity index (χ3v) is 3.47. The molecule has 1 fully saturated rings. The predicted octanol–water partition coefficient (Wildman–Crippen LogP) is 2.25. The largest absolute Gasteiger partial charge is 0.377 e. The van der Waals surface area contributed by atoms with Crippen molar-refractivity contribution in [2.24, 2.45) is 0 Å². The van der Waals surface area contributed by atoms with E-state index in [2.05, 4.69) is 4.98 Å². The predicted molar refractivity (Wildman–Crippen MR) is 74.6 cm³/mol. The van der Waals surface area contributed by atoms with E-state index < -0.39 is 0 Å². The van der Waals surface area contributed by atoms with Crippen LogP contribution in [0.4, 0.5) is 0 Å². The quantitative estimate of drug-likeness (QED) is 0.796. The van der Waals surface area contributed by atoms with Crippen molar-refractivity contribution in [3.05, 3.63) is 29.6 Å². The second kappa shape index (κ2) is 6.87. The number of piperidine rings is 1. The van der Waals surface area contributed by atoms with Crippen molar-refractivity contribution < 1.29 is 9.53 Å². The maximum atomic E-state index is 12.3. The Morgan fingerprint density at radius 3 is 2.79 bits per heavy atom. The smallest absolute Gasteiger partial charge is 0.255 e. The van der Waals surface area contributed by atoms with Crippen LogP contribution in [-0.4, -0.2) is 47.5 Å². The van der Waals surface area contributed by atoms with Crippen LogP contribution in [-0.2, 0) is 4.74 Å². The van der Waals surface area contributed by atoms with Gasteiger partial charge in [-0.25, -0.2) is 0 Å². The Kier molecular flexibility index (Phi) is 5.16. The Morgan fingerprint density at radius 1 is 1.47 bits per heavy atom. The van der Waals surface area contributed by atoms with E-state index in [-0.39, 0.29) is 12.0 Å². The van der Waals surface area contributed by atoms with E-state index in [0.717, 1.165) is 31.6 Å². The highest BCUT2D eigenvalue weighted by atomic mass is 35.5. The van der Waals surface area contributed by atoms with Crippen LogP contribution in [0.5, 0.6) is 0 Å². The summed E-state index contributed by atoms with van der Waals surface area (Å²) < 4.78 is 5.60. The summed E-state index contributed by atoms with van der Waals surface area (Å²) >= 11 is 5.60. The van der Waals surface area contributed by atoms with E-state index in [0.29, 0.717) is 18.1 Å². The number of nitrogens with zero attached hydrogens (tertiary/aromatic N) is 2. The second-order valence-electron chi connectivity index (χ2n) is 4.74. The minimum atomic E-state index is 0.0586. The molecule has 2 rings (SSSR count). The molecule has 1 aliphatic rings. The van der Waals surface area contributed by atoms with Crippen LogP contribution in [0, 0.1) is 6.92 Å². The first-order valence-corrected chi connectivity index (χ1v) is 7.13. The summed E-state index contributed by atoms with van der Waals surface area (Å²) in [5, 5.41) is 0. The number of alkyl halides is 1. The summed E-state index contributed by atoms with van der Waals surface area (Å²) in [7, 11) is 0.